The summed E-state index contributed by atoms with van der Waals surface area (Å²) in [6.45, 7) is 15.8. The van der Waals surface area contributed by atoms with Crippen molar-refractivity contribution in [3.05, 3.63) is 39.2 Å². The summed E-state index contributed by atoms with van der Waals surface area (Å²) < 4.78 is 36.7. The van der Waals surface area contributed by atoms with Crippen molar-refractivity contribution in [2.45, 2.75) is 123 Å². The van der Waals surface area contributed by atoms with Crippen molar-refractivity contribution in [1.29, 1.82) is 5.26 Å². The molecule has 7 rings (SSSR count). The van der Waals surface area contributed by atoms with E-state index >= 15 is 0 Å². The predicted molar refractivity (Wildman–Crippen MR) is 170 cm³/mol. The molecule has 260 valence electrons. The van der Waals surface area contributed by atoms with E-state index in [2.05, 4.69) is 0 Å². The molecule has 2 aromatic rings. The molecule has 1 aromatic carbocycles. The Hall–Kier alpha value is -4.40. The first kappa shape index (κ1) is 33.1. The van der Waals surface area contributed by atoms with Crippen molar-refractivity contribution in [2.24, 2.45) is 21.7 Å². The Labute approximate surface area is 283 Å². The number of carbonyl (C=O) groups excluding carboxylic acids is 4. The van der Waals surface area contributed by atoms with Gasteiger partial charge in [0, 0.05) is 16.2 Å². The van der Waals surface area contributed by atoms with E-state index in [1.54, 1.807) is 74.4 Å². The molecule has 0 N–H and O–H groups in total. The first-order valence-electron chi connectivity index (χ1n) is 16.7. The average molecular weight is 676 g/mol. The van der Waals surface area contributed by atoms with Gasteiger partial charge in [-0.1, -0.05) is 27.7 Å². The number of benzene rings is 1. The van der Waals surface area contributed by atoms with Gasteiger partial charge >= 0.3 is 29.5 Å². The largest absolute Gasteiger partial charge is 0.483 e. The van der Waals surface area contributed by atoms with Crippen LogP contribution in [0.1, 0.15) is 104 Å². The van der Waals surface area contributed by atoms with Crippen LogP contribution in [0.25, 0.3) is 11.0 Å². The fourth-order valence-corrected chi connectivity index (χ4v) is 9.11. The zero-order valence-electron chi connectivity index (χ0n) is 29.3. The average Bonchev–Trinajstić information content (AvgIpc) is 3.48. The molecular formula is C37H41NO11. The highest BCUT2D eigenvalue weighted by Gasteiger charge is 2.78. The van der Waals surface area contributed by atoms with Crippen LogP contribution in [-0.4, -0.2) is 46.8 Å². The van der Waals surface area contributed by atoms with Crippen LogP contribution in [0.15, 0.2) is 21.3 Å². The minimum Gasteiger partial charge on any atom is -0.483 e. The number of hydrogen-bond acceptors (Lipinski definition) is 12. The molecule has 49 heavy (non-hydrogen) atoms. The van der Waals surface area contributed by atoms with Crippen molar-refractivity contribution in [2.75, 3.05) is 0 Å². The third kappa shape index (κ3) is 3.71. The lowest BCUT2D eigenvalue weighted by molar-refractivity contribution is -0.217. The molecule has 0 radical (unpaired) electrons. The first-order chi connectivity index (χ1) is 22.7. The van der Waals surface area contributed by atoms with Gasteiger partial charge in [-0.05, 0) is 78.0 Å². The van der Waals surface area contributed by atoms with Gasteiger partial charge in [-0.25, -0.2) is 14.4 Å². The van der Waals surface area contributed by atoms with E-state index < -0.39 is 80.2 Å². The lowest BCUT2D eigenvalue weighted by Gasteiger charge is -2.45. The second-order valence-corrected chi connectivity index (χ2v) is 16.4. The SMILES string of the molecule is Cc1c(CC#N)c(=O)oc2c3c(ccc12)OC(C)(C)[C@H](OC(=O)[C@@]12CC[C@](C)(C(=O)O1)C2(C)C)[C@@H]3OC(=O)[C@@]12CC[C@](C)(C(=O)O1)C2(C)C. The van der Waals surface area contributed by atoms with E-state index in [1.165, 1.54) is 0 Å². The zero-order valence-corrected chi connectivity index (χ0v) is 29.3. The number of aryl methyl sites for hydroxylation is 1. The molecule has 1 aromatic heterocycles. The second-order valence-electron chi connectivity index (χ2n) is 16.4. The predicted octanol–water partition coefficient (Wildman–Crippen LogP) is 5.08. The molecular weight excluding hydrogens is 634 g/mol. The third-order valence-electron chi connectivity index (χ3n) is 13.6. The minimum atomic E-state index is -1.63. The quantitative estimate of drug-likeness (QED) is 0.235. The van der Waals surface area contributed by atoms with Crippen molar-refractivity contribution in [3.63, 3.8) is 0 Å². The van der Waals surface area contributed by atoms with E-state index in [0.29, 0.717) is 23.8 Å². The fraction of sp³-hybridized carbons (Fsp3) is 0.622. The Morgan fingerprint density at radius 2 is 1.35 bits per heavy atom. The molecule has 3 aliphatic heterocycles. The fourth-order valence-electron chi connectivity index (χ4n) is 9.11. The zero-order chi connectivity index (χ0) is 35.9. The van der Waals surface area contributed by atoms with Crippen LogP contribution in [0.2, 0.25) is 0 Å². The maximum Gasteiger partial charge on any atom is 0.351 e. The molecule has 0 unspecified atom stereocenters. The van der Waals surface area contributed by atoms with Crippen LogP contribution < -0.4 is 10.4 Å². The standard InChI is InChI=1S/C37H41NO11/c1-18-19-10-11-21-22(23(19)44-26(39)20(18)12-17-38)24(45-29(42)36-15-13-34(8,27(40)48-36)32(36,4)5)25(31(2,3)47-21)46-30(43)37-16-14-35(9,28(41)49-37)33(37,6)7/h10-11,24-25H,12-16H2,1-9H3/t24-,25-,34-,35-,36-,37-/m1/s1. The van der Waals surface area contributed by atoms with E-state index in [-0.39, 0.29) is 41.7 Å². The van der Waals surface area contributed by atoms with Crippen LogP contribution in [0.5, 0.6) is 5.75 Å². The highest BCUT2D eigenvalue weighted by atomic mass is 16.7. The van der Waals surface area contributed by atoms with Crippen LogP contribution in [-0.2, 0) is 44.5 Å². The van der Waals surface area contributed by atoms with Crippen molar-refractivity contribution in [3.8, 4) is 11.8 Å². The highest BCUT2D eigenvalue weighted by molar-refractivity contribution is 5.95. The number of esters is 4. The normalized spacial score (nSPS) is 35.6. The summed E-state index contributed by atoms with van der Waals surface area (Å²) in [5.41, 5.74) is -8.19. The van der Waals surface area contributed by atoms with Crippen LogP contribution in [0.4, 0.5) is 0 Å². The van der Waals surface area contributed by atoms with Gasteiger partial charge in [-0.3, -0.25) is 9.59 Å². The first-order valence-corrected chi connectivity index (χ1v) is 16.7. The third-order valence-corrected chi connectivity index (χ3v) is 13.6. The summed E-state index contributed by atoms with van der Waals surface area (Å²) in [6.07, 6.45) is -1.68. The van der Waals surface area contributed by atoms with Gasteiger partial charge in [-0.15, -0.1) is 0 Å². The Bertz CT molecular complexity index is 2000. The van der Waals surface area contributed by atoms with Gasteiger partial charge in [0.2, 0.25) is 11.2 Å². The van der Waals surface area contributed by atoms with E-state index in [0.717, 1.165) is 0 Å². The summed E-state index contributed by atoms with van der Waals surface area (Å²) in [6, 6.07) is 5.33. The van der Waals surface area contributed by atoms with Gasteiger partial charge < -0.3 is 28.1 Å². The maximum absolute atomic E-state index is 14.5. The Morgan fingerprint density at radius 1 is 0.816 bits per heavy atom. The molecule has 0 amide bonds. The summed E-state index contributed by atoms with van der Waals surface area (Å²) in [4.78, 5) is 68.4. The lowest BCUT2D eigenvalue weighted by Crippen LogP contribution is -2.57. The number of rotatable bonds is 5. The summed E-state index contributed by atoms with van der Waals surface area (Å²) >= 11 is 0. The smallest absolute Gasteiger partial charge is 0.351 e. The minimum absolute atomic E-state index is 0.0340. The van der Waals surface area contributed by atoms with Gasteiger partial charge in [0.25, 0.3) is 0 Å². The molecule has 2 saturated carbocycles. The van der Waals surface area contributed by atoms with Crippen molar-refractivity contribution >= 4 is 34.8 Å². The number of nitrogens with zero attached hydrogens (tertiary/aromatic N) is 1. The van der Waals surface area contributed by atoms with Crippen molar-refractivity contribution < 1.29 is 47.3 Å². The molecule has 12 nitrogen and oxygen atoms in total. The van der Waals surface area contributed by atoms with E-state index in [4.69, 9.17) is 28.1 Å². The Kier molecular flexibility index (Phi) is 6.51. The monoisotopic (exact) mass is 675 g/mol. The molecule has 4 bridgehead atoms. The number of carbonyl (C=O) groups is 4. The summed E-state index contributed by atoms with van der Waals surface area (Å²) in [5.74, 6) is -2.42. The number of hydrogen-bond donors (Lipinski definition) is 0. The Balaban J connectivity index is 1.39. The van der Waals surface area contributed by atoms with Crippen molar-refractivity contribution in [1.82, 2.24) is 0 Å². The van der Waals surface area contributed by atoms with Gasteiger partial charge in [0.15, 0.2) is 12.2 Å². The maximum atomic E-state index is 14.5. The Morgan fingerprint density at radius 3 is 1.82 bits per heavy atom. The van der Waals surface area contributed by atoms with Gasteiger partial charge in [0.05, 0.1) is 34.4 Å². The number of ether oxygens (including phenoxy) is 5. The van der Waals surface area contributed by atoms with Gasteiger partial charge in [0.1, 0.15) is 16.9 Å². The van der Waals surface area contributed by atoms with Crippen LogP contribution in [0, 0.1) is 39.9 Å². The molecule has 4 heterocycles. The molecule has 4 fully saturated rings. The molecule has 2 saturated heterocycles. The summed E-state index contributed by atoms with van der Waals surface area (Å²) in [5, 5.41) is 9.83. The number of fused-ring (bicyclic) bond motifs is 7. The van der Waals surface area contributed by atoms with E-state index in [1.807, 2.05) is 6.07 Å². The highest BCUT2D eigenvalue weighted by Crippen LogP contribution is 2.67. The van der Waals surface area contributed by atoms with E-state index in [9.17, 15) is 29.2 Å². The summed E-state index contributed by atoms with van der Waals surface area (Å²) in [7, 11) is 0. The second kappa shape index (κ2) is 9.64. The molecule has 12 heteroatoms. The molecule has 2 aliphatic carbocycles. The molecule has 6 atom stereocenters. The molecule has 0 spiro atoms. The van der Waals surface area contributed by atoms with Gasteiger partial charge in [-0.2, -0.15) is 5.26 Å². The van der Waals surface area contributed by atoms with Crippen LogP contribution >= 0.6 is 0 Å². The molecule has 5 aliphatic rings. The topological polar surface area (TPSA) is 168 Å². The lowest BCUT2D eigenvalue weighted by atomic mass is 9.66. The number of nitriles is 1. The van der Waals surface area contributed by atoms with Crippen LogP contribution in [0.3, 0.4) is 0 Å².